The van der Waals surface area contributed by atoms with Gasteiger partial charge in [0.1, 0.15) is 0 Å². The van der Waals surface area contributed by atoms with Crippen molar-refractivity contribution < 1.29 is 0 Å². The van der Waals surface area contributed by atoms with Crippen LogP contribution < -0.4 is 5.73 Å². The first-order valence-electron chi connectivity index (χ1n) is 6.04. The molecule has 1 aromatic heterocycles. The maximum absolute atomic E-state index is 6.21. The number of nitrogens with two attached hydrogens (primary N) is 1. The molecule has 0 aliphatic rings. The molecule has 88 valence electrons. The van der Waals surface area contributed by atoms with E-state index in [1.807, 2.05) is 24.4 Å². The van der Waals surface area contributed by atoms with Crippen LogP contribution in [-0.4, -0.2) is 4.98 Å². The lowest BCUT2D eigenvalue weighted by Crippen LogP contribution is -2.14. The van der Waals surface area contributed by atoms with Gasteiger partial charge in [-0.2, -0.15) is 0 Å². The van der Waals surface area contributed by atoms with Gasteiger partial charge < -0.3 is 5.73 Å². The van der Waals surface area contributed by atoms with Crippen LogP contribution in [0.25, 0.3) is 0 Å². The first kappa shape index (κ1) is 11.8. The van der Waals surface area contributed by atoms with Crippen molar-refractivity contribution in [2.75, 3.05) is 0 Å². The summed E-state index contributed by atoms with van der Waals surface area (Å²) in [6, 6.07) is 14.5. The maximum atomic E-state index is 6.21. The third-order valence-electron chi connectivity index (χ3n) is 2.94. The highest BCUT2D eigenvalue weighted by molar-refractivity contribution is 5.26. The van der Waals surface area contributed by atoms with Crippen LogP contribution in [0.1, 0.15) is 29.8 Å². The van der Waals surface area contributed by atoms with Crippen LogP contribution >= 0.6 is 0 Å². The number of rotatable bonds is 4. The molecule has 0 amide bonds. The van der Waals surface area contributed by atoms with Crippen molar-refractivity contribution >= 4 is 0 Å². The molecule has 1 unspecified atom stereocenters. The minimum absolute atomic E-state index is 0.0244. The van der Waals surface area contributed by atoms with Gasteiger partial charge in [0.15, 0.2) is 0 Å². The quantitative estimate of drug-likeness (QED) is 0.870. The van der Waals surface area contributed by atoms with Gasteiger partial charge in [-0.15, -0.1) is 0 Å². The van der Waals surface area contributed by atoms with Gasteiger partial charge in [0.05, 0.1) is 0 Å². The van der Waals surface area contributed by atoms with E-state index in [2.05, 4.69) is 36.2 Å². The van der Waals surface area contributed by atoms with Crippen LogP contribution in [0.15, 0.2) is 48.7 Å². The largest absolute Gasteiger partial charge is 0.324 e. The maximum Gasteiger partial charge on any atom is 0.0422 e. The normalized spacial score (nSPS) is 12.4. The van der Waals surface area contributed by atoms with Crippen LogP contribution in [0, 0.1) is 0 Å². The molecular weight excluding hydrogens is 208 g/mol. The van der Waals surface area contributed by atoms with E-state index in [0.29, 0.717) is 0 Å². The number of nitrogens with zero attached hydrogens (tertiary/aromatic N) is 1. The molecule has 2 rings (SSSR count). The van der Waals surface area contributed by atoms with E-state index in [-0.39, 0.29) is 6.04 Å². The minimum atomic E-state index is 0.0244. The number of aromatic nitrogens is 1. The summed E-state index contributed by atoms with van der Waals surface area (Å²) in [5.74, 6) is 0. The summed E-state index contributed by atoms with van der Waals surface area (Å²) in [5.41, 5.74) is 9.78. The van der Waals surface area contributed by atoms with Gasteiger partial charge in [0, 0.05) is 24.4 Å². The molecule has 0 bridgehead atoms. The molecule has 0 aliphatic heterocycles. The predicted molar refractivity (Wildman–Crippen MR) is 70.7 cm³/mol. The van der Waals surface area contributed by atoms with Crippen LogP contribution in [0.5, 0.6) is 0 Å². The Morgan fingerprint density at radius 2 is 2.06 bits per heavy atom. The van der Waals surface area contributed by atoms with Crippen molar-refractivity contribution in [3.05, 3.63) is 65.5 Å². The van der Waals surface area contributed by atoms with E-state index in [0.717, 1.165) is 18.5 Å². The molecule has 2 nitrogen and oxygen atoms in total. The average Bonchev–Trinajstić information content (AvgIpc) is 2.40. The highest BCUT2D eigenvalue weighted by Crippen LogP contribution is 2.16. The fourth-order valence-corrected chi connectivity index (χ4v) is 1.91. The number of pyridine rings is 1. The Morgan fingerprint density at radius 3 is 2.76 bits per heavy atom. The Balaban J connectivity index is 2.11. The topological polar surface area (TPSA) is 38.9 Å². The van der Waals surface area contributed by atoms with Crippen molar-refractivity contribution in [2.24, 2.45) is 5.73 Å². The molecule has 1 atom stereocenters. The van der Waals surface area contributed by atoms with Crippen LogP contribution in [0.2, 0.25) is 0 Å². The molecular formula is C15H18N2. The Morgan fingerprint density at radius 1 is 1.18 bits per heavy atom. The molecule has 1 aromatic carbocycles. The van der Waals surface area contributed by atoms with E-state index in [1.165, 1.54) is 11.1 Å². The Hall–Kier alpha value is -1.67. The van der Waals surface area contributed by atoms with Gasteiger partial charge in [0.25, 0.3) is 0 Å². The lowest BCUT2D eigenvalue weighted by molar-refractivity contribution is 0.705. The third kappa shape index (κ3) is 3.14. The van der Waals surface area contributed by atoms with E-state index in [9.17, 15) is 0 Å². The van der Waals surface area contributed by atoms with Gasteiger partial charge >= 0.3 is 0 Å². The molecule has 0 fully saturated rings. The summed E-state index contributed by atoms with van der Waals surface area (Å²) in [4.78, 5) is 4.31. The molecule has 0 aliphatic carbocycles. The minimum Gasteiger partial charge on any atom is -0.324 e. The van der Waals surface area contributed by atoms with E-state index in [1.54, 1.807) is 0 Å². The molecule has 0 spiro atoms. The van der Waals surface area contributed by atoms with Crippen molar-refractivity contribution in [3.8, 4) is 0 Å². The van der Waals surface area contributed by atoms with Crippen LogP contribution in [-0.2, 0) is 12.8 Å². The Labute approximate surface area is 103 Å². The number of aryl methyl sites for hydroxylation is 1. The fourth-order valence-electron chi connectivity index (χ4n) is 1.91. The summed E-state index contributed by atoms with van der Waals surface area (Å²) >= 11 is 0. The zero-order valence-corrected chi connectivity index (χ0v) is 10.1. The highest BCUT2D eigenvalue weighted by atomic mass is 14.7. The lowest BCUT2D eigenvalue weighted by atomic mass is 10.00. The fraction of sp³-hybridized carbons (Fsp3) is 0.267. The number of hydrogen-bond acceptors (Lipinski definition) is 2. The Bertz CT molecular complexity index is 465. The standard InChI is InChI=1S/C15H18N2/c1-2-12-6-5-7-13(10-12)15(16)11-14-8-3-4-9-17-14/h3-10,15H,2,11,16H2,1H3. The molecule has 1 heterocycles. The Kier molecular flexibility index (Phi) is 3.89. The van der Waals surface area contributed by atoms with Crippen molar-refractivity contribution in [3.63, 3.8) is 0 Å². The highest BCUT2D eigenvalue weighted by Gasteiger charge is 2.07. The first-order valence-corrected chi connectivity index (χ1v) is 6.04. The zero-order chi connectivity index (χ0) is 12.1. The third-order valence-corrected chi connectivity index (χ3v) is 2.94. The molecule has 0 radical (unpaired) electrons. The smallest absolute Gasteiger partial charge is 0.0422 e. The lowest BCUT2D eigenvalue weighted by Gasteiger charge is -2.12. The van der Waals surface area contributed by atoms with Gasteiger partial charge in [-0.1, -0.05) is 37.3 Å². The molecule has 2 N–H and O–H groups in total. The number of benzene rings is 1. The van der Waals surface area contributed by atoms with Crippen LogP contribution in [0.4, 0.5) is 0 Å². The summed E-state index contributed by atoms with van der Waals surface area (Å²) in [7, 11) is 0. The van der Waals surface area contributed by atoms with Crippen molar-refractivity contribution in [1.82, 2.24) is 4.98 Å². The molecule has 0 saturated carbocycles. The molecule has 0 saturated heterocycles. The van der Waals surface area contributed by atoms with Crippen molar-refractivity contribution in [1.29, 1.82) is 0 Å². The first-order chi connectivity index (χ1) is 8.29. The zero-order valence-electron chi connectivity index (χ0n) is 10.1. The summed E-state index contributed by atoms with van der Waals surface area (Å²) in [6.07, 6.45) is 3.64. The van der Waals surface area contributed by atoms with E-state index < -0.39 is 0 Å². The molecule has 2 heteroatoms. The van der Waals surface area contributed by atoms with Crippen molar-refractivity contribution in [2.45, 2.75) is 25.8 Å². The van der Waals surface area contributed by atoms with Gasteiger partial charge in [-0.05, 0) is 29.7 Å². The second kappa shape index (κ2) is 5.60. The summed E-state index contributed by atoms with van der Waals surface area (Å²) in [6.45, 7) is 2.16. The second-order valence-electron chi connectivity index (χ2n) is 4.23. The van der Waals surface area contributed by atoms with Gasteiger partial charge in [-0.25, -0.2) is 0 Å². The predicted octanol–water partition coefficient (Wildman–Crippen LogP) is 2.89. The monoisotopic (exact) mass is 226 g/mol. The molecule has 2 aromatic rings. The summed E-state index contributed by atoms with van der Waals surface area (Å²) in [5, 5.41) is 0. The SMILES string of the molecule is CCc1cccc(C(N)Cc2ccccn2)c1. The van der Waals surface area contributed by atoms with Gasteiger partial charge in [0.2, 0.25) is 0 Å². The second-order valence-corrected chi connectivity index (χ2v) is 4.23. The molecule has 17 heavy (non-hydrogen) atoms. The van der Waals surface area contributed by atoms with Gasteiger partial charge in [-0.3, -0.25) is 4.98 Å². The average molecular weight is 226 g/mol. The summed E-state index contributed by atoms with van der Waals surface area (Å²) < 4.78 is 0. The van der Waals surface area contributed by atoms with Crippen LogP contribution in [0.3, 0.4) is 0 Å². The van der Waals surface area contributed by atoms with E-state index in [4.69, 9.17) is 5.73 Å². The van der Waals surface area contributed by atoms with E-state index >= 15 is 0 Å². The number of hydrogen-bond donors (Lipinski definition) is 1.